The highest BCUT2D eigenvalue weighted by Crippen LogP contribution is 2.36. The monoisotopic (exact) mass is 295 g/mol. The van der Waals surface area contributed by atoms with Gasteiger partial charge in [0.05, 0.1) is 12.1 Å². The molecule has 3 rings (SSSR count). The fourth-order valence-electron chi connectivity index (χ4n) is 3.20. The molecule has 114 valence electrons. The van der Waals surface area contributed by atoms with Crippen molar-refractivity contribution in [3.8, 4) is 11.1 Å². The van der Waals surface area contributed by atoms with Crippen molar-refractivity contribution in [2.24, 2.45) is 5.73 Å². The number of piperidine rings is 1. The Morgan fingerprint density at radius 3 is 2.50 bits per heavy atom. The van der Waals surface area contributed by atoms with Gasteiger partial charge in [0.2, 0.25) is 0 Å². The Morgan fingerprint density at radius 2 is 1.77 bits per heavy atom. The van der Waals surface area contributed by atoms with Gasteiger partial charge in [-0.25, -0.2) is 0 Å². The molecule has 0 radical (unpaired) electrons. The highest BCUT2D eigenvalue weighted by molar-refractivity contribution is 5.76. The van der Waals surface area contributed by atoms with E-state index in [1.165, 1.54) is 0 Å². The second-order valence-electron chi connectivity index (χ2n) is 5.73. The van der Waals surface area contributed by atoms with Gasteiger partial charge in [-0.2, -0.15) is 0 Å². The molecule has 2 aromatic carbocycles. The molecule has 4 nitrogen and oxygen atoms in total. The number of aliphatic hydroxyl groups is 1. The maximum absolute atomic E-state index is 10.1. The number of benzene rings is 2. The molecule has 1 heterocycles. The summed E-state index contributed by atoms with van der Waals surface area (Å²) >= 11 is 0. The van der Waals surface area contributed by atoms with E-state index in [9.17, 15) is 5.11 Å². The van der Waals surface area contributed by atoms with Crippen molar-refractivity contribution in [1.82, 2.24) is 4.90 Å². The number of rotatable bonds is 2. The average molecular weight is 295 g/mol. The summed E-state index contributed by atoms with van der Waals surface area (Å²) < 4.78 is 0. The fourth-order valence-corrected chi connectivity index (χ4v) is 3.20. The lowest BCUT2D eigenvalue weighted by Crippen LogP contribution is -2.45. The van der Waals surface area contributed by atoms with Crippen LogP contribution in [0.3, 0.4) is 0 Å². The van der Waals surface area contributed by atoms with Crippen LogP contribution in [0.25, 0.3) is 11.1 Å². The van der Waals surface area contributed by atoms with Gasteiger partial charge in [0.25, 0.3) is 0 Å². The lowest BCUT2D eigenvalue weighted by molar-refractivity contribution is 0.0746. The molecule has 1 saturated heterocycles. The van der Waals surface area contributed by atoms with Crippen molar-refractivity contribution >= 4 is 5.96 Å². The van der Waals surface area contributed by atoms with Gasteiger partial charge in [0.1, 0.15) is 0 Å². The predicted octanol–water partition coefficient (Wildman–Crippen LogP) is 2.74. The van der Waals surface area contributed by atoms with Crippen molar-refractivity contribution in [3.05, 3.63) is 60.2 Å². The Bertz CT molecular complexity index is 656. The van der Waals surface area contributed by atoms with Crippen LogP contribution in [-0.2, 0) is 0 Å². The average Bonchev–Trinajstić information content (AvgIpc) is 2.55. The first kappa shape index (κ1) is 14.6. The van der Waals surface area contributed by atoms with Crippen molar-refractivity contribution in [2.45, 2.75) is 25.0 Å². The van der Waals surface area contributed by atoms with Crippen LogP contribution < -0.4 is 5.73 Å². The highest BCUT2D eigenvalue weighted by Gasteiger charge is 2.30. The van der Waals surface area contributed by atoms with Crippen LogP contribution in [-0.4, -0.2) is 28.6 Å². The van der Waals surface area contributed by atoms with E-state index in [-0.39, 0.29) is 18.1 Å². The lowest BCUT2D eigenvalue weighted by Gasteiger charge is -2.39. The highest BCUT2D eigenvalue weighted by atomic mass is 16.3. The summed E-state index contributed by atoms with van der Waals surface area (Å²) in [5.74, 6) is 0.0692. The minimum atomic E-state index is -0.343. The molecule has 1 aliphatic rings. The molecule has 0 aromatic heterocycles. The third-order valence-corrected chi connectivity index (χ3v) is 4.29. The van der Waals surface area contributed by atoms with Crippen LogP contribution in [0.4, 0.5) is 0 Å². The smallest absolute Gasteiger partial charge is 0.188 e. The molecule has 2 aromatic rings. The van der Waals surface area contributed by atoms with E-state index in [4.69, 9.17) is 11.1 Å². The van der Waals surface area contributed by atoms with Crippen molar-refractivity contribution in [3.63, 3.8) is 0 Å². The van der Waals surface area contributed by atoms with Crippen LogP contribution in [0.1, 0.15) is 24.4 Å². The van der Waals surface area contributed by atoms with E-state index in [0.717, 1.165) is 16.7 Å². The summed E-state index contributed by atoms with van der Waals surface area (Å²) in [6, 6.07) is 18.3. The van der Waals surface area contributed by atoms with Gasteiger partial charge in [-0.05, 0) is 29.5 Å². The molecule has 0 amide bonds. The number of nitrogens with two attached hydrogens (primary N) is 1. The Hall–Kier alpha value is -2.33. The number of hydrogen-bond acceptors (Lipinski definition) is 2. The maximum Gasteiger partial charge on any atom is 0.188 e. The molecule has 0 spiro atoms. The van der Waals surface area contributed by atoms with E-state index >= 15 is 0 Å². The standard InChI is InChI=1S/C18H21N3O/c19-18(20)21-11-10-14(22)12-17(21)16-9-5-4-8-15(16)13-6-2-1-3-7-13/h1-9,14,17,22H,10-12H2,(H3,19,20). The van der Waals surface area contributed by atoms with Gasteiger partial charge in [-0.3, -0.25) is 5.41 Å². The number of nitrogens with zero attached hydrogens (tertiary/aromatic N) is 1. The van der Waals surface area contributed by atoms with Gasteiger partial charge in [-0.1, -0.05) is 54.6 Å². The Kier molecular flexibility index (Phi) is 4.11. The Balaban J connectivity index is 2.05. The van der Waals surface area contributed by atoms with Gasteiger partial charge >= 0.3 is 0 Å². The normalized spacial score (nSPS) is 21.6. The molecule has 2 atom stereocenters. The van der Waals surface area contributed by atoms with Crippen molar-refractivity contribution < 1.29 is 5.11 Å². The number of likely N-dealkylation sites (tertiary alicyclic amines) is 1. The summed E-state index contributed by atoms with van der Waals surface area (Å²) in [6.45, 7) is 0.615. The third kappa shape index (κ3) is 2.83. The second-order valence-corrected chi connectivity index (χ2v) is 5.73. The molecule has 0 saturated carbocycles. The number of guanidine groups is 1. The van der Waals surface area contributed by atoms with Crippen molar-refractivity contribution in [1.29, 1.82) is 5.41 Å². The third-order valence-electron chi connectivity index (χ3n) is 4.29. The first-order chi connectivity index (χ1) is 10.7. The number of nitrogens with one attached hydrogen (secondary N) is 1. The maximum atomic E-state index is 10.1. The molecule has 1 fully saturated rings. The molecule has 0 aliphatic carbocycles. The zero-order valence-electron chi connectivity index (χ0n) is 12.4. The van der Waals surface area contributed by atoms with Crippen LogP contribution in [0.5, 0.6) is 0 Å². The van der Waals surface area contributed by atoms with Gasteiger partial charge in [0, 0.05) is 6.54 Å². The van der Waals surface area contributed by atoms with E-state index in [0.29, 0.717) is 19.4 Å². The quantitative estimate of drug-likeness (QED) is 0.589. The van der Waals surface area contributed by atoms with Gasteiger partial charge in [0.15, 0.2) is 5.96 Å². The zero-order chi connectivity index (χ0) is 15.5. The van der Waals surface area contributed by atoms with E-state index in [1.807, 2.05) is 35.2 Å². The zero-order valence-corrected chi connectivity index (χ0v) is 12.4. The summed E-state index contributed by atoms with van der Waals surface area (Å²) in [6.07, 6.45) is 0.914. The van der Waals surface area contributed by atoms with E-state index in [1.54, 1.807) is 0 Å². The molecule has 22 heavy (non-hydrogen) atoms. The molecular formula is C18H21N3O. The lowest BCUT2D eigenvalue weighted by atomic mass is 9.88. The van der Waals surface area contributed by atoms with Gasteiger partial charge in [-0.15, -0.1) is 0 Å². The first-order valence-electron chi connectivity index (χ1n) is 7.60. The summed E-state index contributed by atoms with van der Waals surface area (Å²) in [5.41, 5.74) is 9.14. The summed E-state index contributed by atoms with van der Waals surface area (Å²) in [7, 11) is 0. The SMILES string of the molecule is N=C(N)N1CCC(O)CC1c1ccccc1-c1ccccc1. The largest absolute Gasteiger partial charge is 0.393 e. The van der Waals surface area contributed by atoms with E-state index < -0.39 is 0 Å². The minimum absolute atomic E-state index is 0.0577. The molecular weight excluding hydrogens is 274 g/mol. The summed E-state index contributed by atoms with van der Waals surface area (Å²) in [4.78, 5) is 1.88. The van der Waals surface area contributed by atoms with Crippen molar-refractivity contribution in [2.75, 3.05) is 6.54 Å². The van der Waals surface area contributed by atoms with E-state index in [2.05, 4.69) is 24.3 Å². The topological polar surface area (TPSA) is 73.3 Å². The second kappa shape index (κ2) is 6.20. The molecule has 4 heteroatoms. The van der Waals surface area contributed by atoms with Gasteiger partial charge < -0.3 is 15.7 Å². The van der Waals surface area contributed by atoms with Crippen LogP contribution in [0.15, 0.2) is 54.6 Å². The van der Waals surface area contributed by atoms with Crippen LogP contribution >= 0.6 is 0 Å². The summed E-state index contributed by atoms with van der Waals surface area (Å²) in [5, 5.41) is 17.9. The van der Waals surface area contributed by atoms with Crippen LogP contribution in [0, 0.1) is 5.41 Å². The number of hydrogen-bond donors (Lipinski definition) is 3. The fraction of sp³-hybridized carbons (Fsp3) is 0.278. The molecule has 0 bridgehead atoms. The molecule has 4 N–H and O–H groups in total. The molecule has 1 aliphatic heterocycles. The predicted molar refractivity (Wildman–Crippen MR) is 88.5 cm³/mol. The number of aliphatic hydroxyl groups excluding tert-OH is 1. The minimum Gasteiger partial charge on any atom is -0.393 e. The van der Waals surface area contributed by atoms with Crippen LogP contribution in [0.2, 0.25) is 0 Å². The Labute approximate surface area is 130 Å². The first-order valence-corrected chi connectivity index (χ1v) is 7.60. The Morgan fingerprint density at radius 1 is 1.09 bits per heavy atom. The molecule has 2 unspecified atom stereocenters.